The van der Waals surface area contributed by atoms with Gasteiger partial charge in [-0.25, -0.2) is 0 Å². The van der Waals surface area contributed by atoms with Crippen LogP contribution in [0.15, 0.2) is 30.3 Å². The molecule has 1 unspecified atom stereocenters. The number of hydrogen-bond donors (Lipinski definition) is 2. The maximum absolute atomic E-state index is 12.5. The molecular formula is C18H28N2O. The van der Waals surface area contributed by atoms with E-state index < -0.39 is 0 Å². The lowest BCUT2D eigenvalue weighted by molar-refractivity contribution is -0.127. The molecule has 1 saturated heterocycles. The number of rotatable bonds is 4. The van der Waals surface area contributed by atoms with E-state index in [2.05, 4.69) is 50.5 Å². The molecule has 0 spiro atoms. The van der Waals surface area contributed by atoms with Crippen LogP contribution in [0.4, 0.5) is 0 Å². The molecule has 0 radical (unpaired) electrons. The summed E-state index contributed by atoms with van der Waals surface area (Å²) < 4.78 is 0. The fourth-order valence-corrected chi connectivity index (χ4v) is 3.06. The van der Waals surface area contributed by atoms with Gasteiger partial charge in [0.1, 0.15) is 0 Å². The van der Waals surface area contributed by atoms with Gasteiger partial charge in [0.2, 0.25) is 5.91 Å². The van der Waals surface area contributed by atoms with Crippen molar-refractivity contribution in [1.29, 1.82) is 0 Å². The van der Waals surface area contributed by atoms with Gasteiger partial charge >= 0.3 is 0 Å². The van der Waals surface area contributed by atoms with Gasteiger partial charge in [-0.3, -0.25) is 4.79 Å². The van der Waals surface area contributed by atoms with E-state index in [0.717, 1.165) is 19.4 Å². The summed E-state index contributed by atoms with van der Waals surface area (Å²) in [5, 5.41) is 6.52. The molecule has 0 aliphatic carbocycles. The zero-order chi connectivity index (χ0) is 15.5. The number of piperidine rings is 1. The minimum absolute atomic E-state index is 0.0270. The normalized spacial score (nSPS) is 21.8. The summed E-state index contributed by atoms with van der Waals surface area (Å²) in [6, 6.07) is 10.3. The molecule has 2 N–H and O–H groups in total. The molecule has 3 heteroatoms. The first-order chi connectivity index (χ1) is 9.83. The number of nitrogens with one attached hydrogen (secondary N) is 2. The van der Waals surface area contributed by atoms with Gasteiger partial charge in [-0.1, -0.05) is 58.0 Å². The second-order valence-corrected chi connectivity index (χ2v) is 7.45. The van der Waals surface area contributed by atoms with Crippen molar-refractivity contribution in [2.45, 2.75) is 52.0 Å². The van der Waals surface area contributed by atoms with Gasteiger partial charge in [0.05, 0.1) is 6.04 Å². The average molecular weight is 288 g/mol. The van der Waals surface area contributed by atoms with Gasteiger partial charge in [0.25, 0.3) is 0 Å². The monoisotopic (exact) mass is 288 g/mol. The number of carbonyl (C=O) groups excluding carboxylic acids is 1. The molecule has 3 nitrogen and oxygen atoms in total. The van der Waals surface area contributed by atoms with Crippen molar-refractivity contribution < 1.29 is 4.79 Å². The third-order valence-electron chi connectivity index (χ3n) is 4.65. The zero-order valence-corrected chi connectivity index (χ0v) is 13.7. The Hall–Kier alpha value is -1.35. The molecule has 1 heterocycles. The molecule has 1 aromatic carbocycles. The van der Waals surface area contributed by atoms with Gasteiger partial charge in [0.15, 0.2) is 0 Å². The molecule has 1 atom stereocenters. The molecule has 1 fully saturated rings. The summed E-state index contributed by atoms with van der Waals surface area (Å²) in [5.41, 5.74) is 1.22. The van der Waals surface area contributed by atoms with E-state index >= 15 is 0 Å². The average Bonchev–Trinajstić information content (AvgIpc) is 2.45. The molecule has 2 rings (SSSR count). The molecule has 1 aliphatic heterocycles. The highest BCUT2D eigenvalue weighted by atomic mass is 16.2. The van der Waals surface area contributed by atoms with Crippen LogP contribution in [0.25, 0.3) is 0 Å². The van der Waals surface area contributed by atoms with Crippen LogP contribution in [0.2, 0.25) is 0 Å². The Labute approximate surface area is 128 Å². The van der Waals surface area contributed by atoms with E-state index in [1.807, 2.05) is 18.2 Å². The topological polar surface area (TPSA) is 41.1 Å². The van der Waals surface area contributed by atoms with Crippen LogP contribution in [-0.2, 0) is 10.2 Å². The number of hydrogen-bond acceptors (Lipinski definition) is 2. The second kappa shape index (κ2) is 6.18. The third kappa shape index (κ3) is 3.85. The minimum Gasteiger partial charge on any atom is -0.354 e. The van der Waals surface area contributed by atoms with Crippen molar-refractivity contribution >= 4 is 5.91 Å². The fourth-order valence-electron chi connectivity index (χ4n) is 3.06. The summed E-state index contributed by atoms with van der Waals surface area (Å²) in [7, 11) is 0. The summed E-state index contributed by atoms with van der Waals surface area (Å²) in [4.78, 5) is 12.5. The molecule has 0 bridgehead atoms. The number of benzene rings is 1. The first-order valence-electron chi connectivity index (χ1n) is 7.90. The van der Waals surface area contributed by atoms with Gasteiger partial charge in [-0.15, -0.1) is 0 Å². The van der Waals surface area contributed by atoms with Crippen molar-refractivity contribution in [3.8, 4) is 0 Å². The van der Waals surface area contributed by atoms with Crippen LogP contribution >= 0.6 is 0 Å². The van der Waals surface area contributed by atoms with Crippen LogP contribution in [0.5, 0.6) is 0 Å². The molecular weight excluding hydrogens is 260 g/mol. The standard InChI is InChI=1S/C18H28N2O/c1-17(2)11-8-12-19-15(17)16(21)20-13-18(3,4)14-9-6-5-7-10-14/h5-7,9-10,15,19H,8,11-13H2,1-4H3,(H,20,21). The lowest BCUT2D eigenvalue weighted by Gasteiger charge is -2.39. The smallest absolute Gasteiger partial charge is 0.237 e. The molecule has 116 valence electrons. The lowest BCUT2D eigenvalue weighted by atomic mass is 9.77. The van der Waals surface area contributed by atoms with Gasteiger partial charge in [0, 0.05) is 12.0 Å². The zero-order valence-electron chi connectivity index (χ0n) is 13.7. The van der Waals surface area contributed by atoms with Crippen LogP contribution in [0, 0.1) is 5.41 Å². The Morgan fingerprint density at radius 3 is 2.62 bits per heavy atom. The molecule has 21 heavy (non-hydrogen) atoms. The van der Waals surface area contributed by atoms with Crippen molar-refractivity contribution in [1.82, 2.24) is 10.6 Å². The van der Waals surface area contributed by atoms with E-state index in [1.165, 1.54) is 5.56 Å². The molecule has 1 amide bonds. The summed E-state index contributed by atoms with van der Waals surface area (Å²) in [6.45, 7) is 10.3. The van der Waals surface area contributed by atoms with Crippen molar-refractivity contribution in [2.24, 2.45) is 5.41 Å². The minimum atomic E-state index is -0.0853. The maximum atomic E-state index is 12.5. The Bertz CT molecular complexity index is 479. The van der Waals surface area contributed by atoms with Crippen LogP contribution in [-0.4, -0.2) is 25.0 Å². The highest BCUT2D eigenvalue weighted by Crippen LogP contribution is 2.30. The van der Waals surface area contributed by atoms with Gasteiger partial charge < -0.3 is 10.6 Å². The molecule has 0 aromatic heterocycles. The van der Waals surface area contributed by atoms with Gasteiger partial charge in [-0.2, -0.15) is 0 Å². The summed E-state index contributed by atoms with van der Waals surface area (Å²) >= 11 is 0. The fraction of sp³-hybridized carbons (Fsp3) is 0.611. The van der Waals surface area contributed by atoms with E-state index in [1.54, 1.807) is 0 Å². The largest absolute Gasteiger partial charge is 0.354 e. The summed E-state index contributed by atoms with van der Waals surface area (Å²) in [6.07, 6.45) is 2.24. The number of carbonyl (C=O) groups is 1. The Balaban J connectivity index is 1.97. The molecule has 1 aliphatic rings. The van der Waals surface area contributed by atoms with E-state index in [0.29, 0.717) is 6.54 Å². The van der Waals surface area contributed by atoms with E-state index in [-0.39, 0.29) is 22.8 Å². The highest BCUT2D eigenvalue weighted by Gasteiger charge is 2.37. The van der Waals surface area contributed by atoms with Crippen molar-refractivity contribution in [3.63, 3.8) is 0 Å². The SMILES string of the molecule is CC(C)(CNC(=O)C1NCCCC1(C)C)c1ccccc1. The quantitative estimate of drug-likeness (QED) is 0.894. The van der Waals surface area contributed by atoms with Crippen molar-refractivity contribution in [3.05, 3.63) is 35.9 Å². The maximum Gasteiger partial charge on any atom is 0.237 e. The van der Waals surface area contributed by atoms with E-state index in [4.69, 9.17) is 0 Å². The van der Waals surface area contributed by atoms with Gasteiger partial charge in [-0.05, 0) is 30.4 Å². The Morgan fingerprint density at radius 2 is 2.00 bits per heavy atom. The molecule has 0 saturated carbocycles. The number of amides is 1. The highest BCUT2D eigenvalue weighted by molar-refractivity contribution is 5.82. The second-order valence-electron chi connectivity index (χ2n) is 7.45. The summed E-state index contributed by atoms with van der Waals surface area (Å²) in [5.74, 6) is 0.128. The first kappa shape index (κ1) is 16.0. The van der Waals surface area contributed by atoms with E-state index in [9.17, 15) is 4.79 Å². The van der Waals surface area contributed by atoms with Crippen LogP contribution in [0.3, 0.4) is 0 Å². The Kier molecular flexibility index (Phi) is 4.72. The predicted molar refractivity (Wildman–Crippen MR) is 87.3 cm³/mol. The van der Waals surface area contributed by atoms with Crippen molar-refractivity contribution in [2.75, 3.05) is 13.1 Å². The predicted octanol–water partition coefficient (Wildman–Crippen LogP) is 2.86. The lowest BCUT2D eigenvalue weighted by Crippen LogP contribution is -2.56. The molecule has 1 aromatic rings. The van der Waals surface area contributed by atoms with Crippen LogP contribution < -0.4 is 10.6 Å². The van der Waals surface area contributed by atoms with Crippen LogP contribution in [0.1, 0.15) is 46.1 Å². The first-order valence-corrected chi connectivity index (χ1v) is 7.90. The third-order valence-corrected chi connectivity index (χ3v) is 4.65. The Morgan fingerprint density at radius 1 is 1.33 bits per heavy atom.